The molecule has 0 spiro atoms. The molecule has 1 heteroatoms. The zero-order valence-electron chi connectivity index (χ0n) is 10.5. The standard InChI is InChI=1S/C17H14O/c1-3-12-13-6-4-5-7-14(13)15-9-8-11(2)10-16(15)17(12)18/h3-10H,1-2H3. The summed E-state index contributed by atoms with van der Waals surface area (Å²) in [5.74, 6) is 0.134. The second-order valence-electron chi connectivity index (χ2n) is 4.63. The molecule has 3 rings (SSSR count). The van der Waals surface area contributed by atoms with Crippen molar-refractivity contribution >= 4 is 11.4 Å². The Morgan fingerprint density at radius 3 is 2.28 bits per heavy atom. The van der Waals surface area contributed by atoms with Gasteiger partial charge >= 0.3 is 0 Å². The van der Waals surface area contributed by atoms with E-state index in [0.717, 1.165) is 33.4 Å². The maximum Gasteiger partial charge on any atom is 0.193 e. The van der Waals surface area contributed by atoms with Crippen LogP contribution in [0.4, 0.5) is 0 Å². The highest BCUT2D eigenvalue weighted by atomic mass is 16.1. The first-order chi connectivity index (χ1) is 8.72. The largest absolute Gasteiger partial charge is 0.289 e. The summed E-state index contributed by atoms with van der Waals surface area (Å²) in [5.41, 5.74) is 6.00. The van der Waals surface area contributed by atoms with Gasteiger partial charge in [-0.15, -0.1) is 0 Å². The van der Waals surface area contributed by atoms with Gasteiger partial charge in [-0.1, -0.05) is 48.0 Å². The van der Waals surface area contributed by atoms with Crippen molar-refractivity contribution < 1.29 is 4.79 Å². The average Bonchev–Trinajstić information content (AvgIpc) is 2.39. The maximum absolute atomic E-state index is 12.5. The predicted molar refractivity (Wildman–Crippen MR) is 74.6 cm³/mol. The van der Waals surface area contributed by atoms with Crippen molar-refractivity contribution in [3.8, 4) is 11.1 Å². The number of hydrogen-bond acceptors (Lipinski definition) is 1. The van der Waals surface area contributed by atoms with Crippen LogP contribution >= 0.6 is 0 Å². The van der Waals surface area contributed by atoms with Gasteiger partial charge in [0.05, 0.1) is 0 Å². The maximum atomic E-state index is 12.5. The fourth-order valence-corrected chi connectivity index (χ4v) is 2.59. The molecule has 0 bridgehead atoms. The molecule has 0 radical (unpaired) electrons. The Labute approximate surface area is 107 Å². The van der Waals surface area contributed by atoms with Gasteiger partial charge in [-0.05, 0) is 36.6 Å². The first kappa shape index (κ1) is 11.0. The summed E-state index contributed by atoms with van der Waals surface area (Å²) in [5, 5.41) is 0. The first-order valence-corrected chi connectivity index (χ1v) is 6.14. The number of rotatable bonds is 0. The molecule has 0 aromatic heterocycles. The quantitative estimate of drug-likeness (QED) is 0.622. The number of allylic oxidation sites excluding steroid dienone is 2. The van der Waals surface area contributed by atoms with Gasteiger partial charge in [0.15, 0.2) is 5.78 Å². The van der Waals surface area contributed by atoms with Crippen LogP contribution in [0.2, 0.25) is 0 Å². The molecule has 1 nitrogen and oxygen atoms in total. The Morgan fingerprint density at radius 1 is 0.889 bits per heavy atom. The van der Waals surface area contributed by atoms with E-state index in [9.17, 15) is 4.79 Å². The smallest absolute Gasteiger partial charge is 0.193 e. The molecule has 1 aliphatic carbocycles. The summed E-state index contributed by atoms with van der Waals surface area (Å²) in [6, 6.07) is 14.2. The lowest BCUT2D eigenvalue weighted by atomic mass is 9.81. The molecule has 0 atom stereocenters. The third-order valence-electron chi connectivity index (χ3n) is 3.46. The van der Waals surface area contributed by atoms with Crippen LogP contribution in [-0.2, 0) is 0 Å². The van der Waals surface area contributed by atoms with E-state index in [0.29, 0.717) is 0 Å². The Morgan fingerprint density at radius 2 is 1.56 bits per heavy atom. The normalized spacial score (nSPS) is 15.4. The molecular formula is C17H14O. The van der Waals surface area contributed by atoms with E-state index < -0.39 is 0 Å². The van der Waals surface area contributed by atoms with Crippen molar-refractivity contribution in [3.05, 3.63) is 65.2 Å². The molecule has 1 aliphatic rings. The zero-order chi connectivity index (χ0) is 12.7. The van der Waals surface area contributed by atoms with Gasteiger partial charge < -0.3 is 0 Å². The lowest BCUT2D eigenvalue weighted by Crippen LogP contribution is -2.11. The minimum atomic E-state index is 0.134. The Kier molecular flexibility index (Phi) is 2.41. The van der Waals surface area contributed by atoms with Crippen LogP contribution in [0.1, 0.15) is 28.4 Å². The van der Waals surface area contributed by atoms with E-state index in [4.69, 9.17) is 0 Å². The average molecular weight is 234 g/mol. The third kappa shape index (κ3) is 1.44. The number of benzene rings is 2. The minimum Gasteiger partial charge on any atom is -0.289 e. The van der Waals surface area contributed by atoms with Crippen LogP contribution in [0, 0.1) is 6.92 Å². The molecule has 0 N–H and O–H groups in total. The molecule has 2 aromatic carbocycles. The van der Waals surface area contributed by atoms with Crippen LogP contribution in [0.5, 0.6) is 0 Å². The fraction of sp³-hybridized carbons (Fsp3) is 0.118. The molecule has 0 amide bonds. The van der Waals surface area contributed by atoms with Gasteiger partial charge in [-0.25, -0.2) is 0 Å². The molecule has 0 fully saturated rings. The second-order valence-corrected chi connectivity index (χ2v) is 4.63. The number of Topliss-reactive ketones (excluding diaryl/α,β-unsaturated/α-hetero) is 1. The summed E-state index contributed by atoms with van der Waals surface area (Å²) in [6.45, 7) is 3.94. The van der Waals surface area contributed by atoms with Gasteiger partial charge in [0.1, 0.15) is 0 Å². The number of ketones is 1. The monoisotopic (exact) mass is 234 g/mol. The molecule has 88 valence electrons. The molecule has 0 aliphatic heterocycles. The molecule has 0 heterocycles. The van der Waals surface area contributed by atoms with E-state index >= 15 is 0 Å². The van der Waals surface area contributed by atoms with E-state index in [1.165, 1.54) is 0 Å². The summed E-state index contributed by atoms with van der Waals surface area (Å²) in [6.07, 6.45) is 1.91. The van der Waals surface area contributed by atoms with Crippen molar-refractivity contribution in [2.24, 2.45) is 0 Å². The summed E-state index contributed by atoms with van der Waals surface area (Å²) >= 11 is 0. The van der Waals surface area contributed by atoms with Gasteiger partial charge in [0, 0.05) is 11.1 Å². The number of carbonyl (C=O) groups excluding carboxylic acids is 1. The highest BCUT2D eigenvalue weighted by Crippen LogP contribution is 2.39. The number of hydrogen-bond donors (Lipinski definition) is 0. The van der Waals surface area contributed by atoms with Gasteiger partial charge in [-0.2, -0.15) is 0 Å². The van der Waals surface area contributed by atoms with Crippen LogP contribution in [-0.4, -0.2) is 5.78 Å². The molecular weight excluding hydrogens is 220 g/mol. The van der Waals surface area contributed by atoms with Gasteiger partial charge in [0.25, 0.3) is 0 Å². The fourth-order valence-electron chi connectivity index (χ4n) is 2.59. The minimum absolute atomic E-state index is 0.134. The van der Waals surface area contributed by atoms with Crippen LogP contribution < -0.4 is 0 Å². The zero-order valence-corrected chi connectivity index (χ0v) is 10.5. The van der Waals surface area contributed by atoms with Crippen molar-refractivity contribution in [1.29, 1.82) is 0 Å². The molecule has 0 saturated heterocycles. The van der Waals surface area contributed by atoms with Crippen LogP contribution in [0.15, 0.2) is 48.5 Å². The van der Waals surface area contributed by atoms with E-state index in [1.807, 2.05) is 50.3 Å². The van der Waals surface area contributed by atoms with Crippen LogP contribution in [0.3, 0.4) is 0 Å². The first-order valence-electron chi connectivity index (χ1n) is 6.14. The Balaban J connectivity index is 2.40. The Bertz CT molecular complexity index is 678. The van der Waals surface area contributed by atoms with Gasteiger partial charge in [0.2, 0.25) is 0 Å². The number of carbonyl (C=O) groups is 1. The lowest BCUT2D eigenvalue weighted by molar-refractivity contribution is 0.105. The van der Waals surface area contributed by atoms with E-state index in [-0.39, 0.29) is 5.78 Å². The summed E-state index contributed by atoms with van der Waals surface area (Å²) in [4.78, 5) is 12.5. The SMILES string of the molecule is CC=C1C(=O)c2cc(C)ccc2-c2ccccc21. The van der Waals surface area contributed by atoms with Crippen molar-refractivity contribution in [1.82, 2.24) is 0 Å². The molecule has 18 heavy (non-hydrogen) atoms. The number of fused-ring (bicyclic) bond motifs is 3. The number of aryl methyl sites for hydroxylation is 1. The summed E-state index contributed by atoms with van der Waals surface area (Å²) in [7, 11) is 0. The topological polar surface area (TPSA) is 17.1 Å². The second kappa shape index (κ2) is 3.95. The Hall–Kier alpha value is -2.15. The summed E-state index contributed by atoms with van der Waals surface area (Å²) < 4.78 is 0. The third-order valence-corrected chi connectivity index (χ3v) is 3.46. The van der Waals surface area contributed by atoms with Crippen molar-refractivity contribution in [2.45, 2.75) is 13.8 Å². The van der Waals surface area contributed by atoms with Gasteiger partial charge in [-0.3, -0.25) is 4.79 Å². The van der Waals surface area contributed by atoms with Crippen LogP contribution in [0.25, 0.3) is 16.7 Å². The van der Waals surface area contributed by atoms with Crippen molar-refractivity contribution in [2.75, 3.05) is 0 Å². The predicted octanol–water partition coefficient (Wildman–Crippen LogP) is 4.26. The molecule has 2 aromatic rings. The van der Waals surface area contributed by atoms with E-state index in [1.54, 1.807) is 0 Å². The molecule has 0 unspecified atom stereocenters. The van der Waals surface area contributed by atoms with Crippen molar-refractivity contribution in [3.63, 3.8) is 0 Å². The molecule has 0 saturated carbocycles. The van der Waals surface area contributed by atoms with E-state index in [2.05, 4.69) is 12.1 Å². The highest BCUT2D eigenvalue weighted by Gasteiger charge is 2.25. The lowest BCUT2D eigenvalue weighted by Gasteiger charge is -2.21. The highest BCUT2D eigenvalue weighted by molar-refractivity contribution is 6.34.